The Balaban J connectivity index is 1.97. The summed E-state index contributed by atoms with van der Waals surface area (Å²) < 4.78 is 5.33. The zero-order chi connectivity index (χ0) is 13.8. The van der Waals surface area contributed by atoms with E-state index >= 15 is 0 Å². The molecular weight excluding hydrogens is 260 g/mol. The van der Waals surface area contributed by atoms with Crippen molar-refractivity contribution in [2.75, 3.05) is 13.2 Å². The lowest BCUT2D eigenvalue weighted by atomic mass is 10.0. The summed E-state index contributed by atoms with van der Waals surface area (Å²) >= 11 is 4.88. The fourth-order valence-electron chi connectivity index (χ4n) is 2.14. The van der Waals surface area contributed by atoms with E-state index < -0.39 is 0 Å². The van der Waals surface area contributed by atoms with E-state index in [2.05, 4.69) is 5.32 Å². The summed E-state index contributed by atoms with van der Waals surface area (Å²) in [5.74, 6) is 0.328. The van der Waals surface area contributed by atoms with E-state index in [4.69, 9.17) is 22.7 Å². The average Bonchev–Trinajstić information content (AvgIpc) is 2.92. The Morgan fingerprint density at radius 1 is 1.42 bits per heavy atom. The number of thiocarbonyl (C=S) groups is 1. The molecule has 2 rings (SSSR count). The summed E-state index contributed by atoms with van der Waals surface area (Å²) in [5.41, 5.74) is 6.90. The van der Waals surface area contributed by atoms with Gasteiger partial charge in [0.1, 0.15) is 4.99 Å². The van der Waals surface area contributed by atoms with Crippen molar-refractivity contribution in [1.29, 1.82) is 0 Å². The van der Waals surface area contributed by atoms with Gasteiger partial charge < -0.3 is 15.8 Å². The van der Waals surface area contributed by atoms with Crippen molar-refractivity contribution in [2.45, 2.75) is 19.4 Å². The van der Waals surface area contributed by atoms with Crippen LogP contribution in [0, 0.1) is 5.92 Å². The number of hydrogen-bond acceptors (Lipinski definition) is 3. The highest BCUT2D eigenvalue weighted by molar-refractivity contribution is 7.80. The molecule has 102 valence electrons. The van der Waals surface area contributed by atoms with Crippen LogP contribution in [0.3, 0.4) is 0 Å². The molecule has 5 heteroatoms. The van der Waals surface area contributed by atoms with Crippen molar-refractivity contribution >= 4 is 23.1 Å². The summed E-state index contributed by atoms with van der Waals surface area (Å²) in [6, 6.07) is 7.12. The van der Waals surface area contributed by atoms with Gasteiger partial charge in [-0.15, -0.1) is 0 Å². The molecule has 1 aromatic carbocycles. The Labute approximate surface area is 118 Å². The first-order chi connectivity index (χ1) is 9.08. The first-order valence-corrected chi connectivity index (χ1v) is 6.77. The summed E-state index contributed by atoms with van der Waals surface area (Å²) in [4.78, 5) is 12.4. The molecule has 0 radical (unpaired) electrons. The predicted molar refractivity (Wildman–Crippen MR) is 78.2 cm³/mol. The first-order valence-electron chi connectivity index (χ1n) is 6.36. The van der Waals surface area contributed by atoms with Crippen LogP contribution in [0.5, 0.6) is 0 Å². The van der Waals surface area contributed by atoms with E-state index in [9.17, 15) is 4.79 Å². The highest BCUT2D eigenvalue weighted by Crippen LogP contribution is 2.16. The van der Waals surface area contributed by atoms with E-state index in [0.717, 1.165) is 25.2 Å². The maximum Gasteiger partial charge on any atom is 0.251 e. The van der Waals surface area contributed by atoms with Gasteiger partial charge in [0, 0.05) is 29.7 Å². The fourth-order valence-corrected chi connectivity index (χ4v) is 2.28. The van der Waals surface area contributed by atoms with E-state index in [-0.39, 0.29) is 11.9 Å². The Kier molecular flexibility index (Phi) is 4.50. The van der Waals surface area contributed by atoms with E-state index in [1.165, 1.54) is 0 Å². The molecule has 1 amide bonds. The van der Waals surface area contributed by atoms with Crippen molar-refractivity contribution in [2.24, 2.45) is 11.7 Å². The molecule has 2 atom stereocenters. The standard InChI is InChI=1S/C14H18N2O2S/c1-9(12-6-7-18-8-12)16-14(17)11-4-2-10(3-5-11)13(15)19/h2-5,9,12H,6-8H2,1H3,(H2,15,19)(H,16,17). The third-order valence-electron chi connectivity index (χ3n) is 3.46. The molecule has 0 aromatic heterocycles. The quantitative estimate of drug-likeness (QED) is 0.819. The molecule has 1 heterocycles. The summed E-state index contributed by atoms with van der Waals surface area (Å²) in [5, 5.41) is 3.00. The Hall–Kier alpha value is -1.46. The smallest absolute Gasteiger partial charge is 0.251 e. The fraction of sp³-hybridized carbons (Fsp3) is 0.429. The second-order valence-electron chi connectivity index (χ2n) is 4.83. The van der Waals surface area contributed by atoms with Gasteiger partial charge in [0.05, 0.1) is 6.61 Å². The van der Waals surface area contributed by atoms with E-state index in [1.54, 1.807) is 24.3 Å². The van der Waals surface area contributed by atoms with Gasteiger partial charge in [0.15, 0.2) is 0 Å². The topological polar surface area (TPSA) is 64.4 Å². The van der Waals surface area contributed by atoms with Gasteiger partial charge >= 0.3 is 0 Å². The van der Waals surface area contributed by atoms with Crippen molar-refractivity contribution in [1.82, 2.24) is 5.32 Å². The zero-order valence-electron chi connectivity index (χ0n) is 10.9. The predicted octanol–water partition coefficient (Wildman–Crippen LogP) is 1.48. The number of nitrogens with one attached hydrogen (secondary N) is 1. The molecule has 0 saturated carbocycles. The molecule has 1 saturated heterocycles. The number of rotatable bonds is 4. The van der Waals surface area contributed by atoms with Gasteiger partial charge in [-0.3, -0.25) is 4.79 Å². The van der Waals surface area contributed by atoms with Crippen LogP contribution in [-0.2, 0) is 4.74 Å². The van der Waals surface area contributed by atoms with Crippen LogP contribution < -0.4 is 11.1 Å². The van der Waals surface area contributed by atoms with E-state index in [1.807, 2.05) is 6.92 Å². The molecule has 1 aliphatic rings. The monoisotopic (exact) mass is 278 g/mol. The van der Waals surface area contributed by atoms with Crippen LogP contribution in [0.25, 0.3) is 0 Å². The number of amides is 1. The molecule has 19 heavy (non-hydrogen) atoms. The third-order valence-corrected chi connectivity index (χ3v) is 3.70. The Morgan fingerprint density at radius 2 is 2.05 bits per heavy atom. The lowest BCUT2D eigenvalue weighted by Crippen LogP contribution is -2.38. The minimum absolute atomic E-state index is 0.0751. The van der Waals surface area contributed by atoms with Gasteiger partial charge in [0.2, 0.25) is 0 Å². The van der Waals surface area contributed by atoms with Gasteiger partial charge in [-0.05, 0) is 25.5 Å². The van der Waals surface area contributed by atoms with Gasteiger partial charge in [-0.25, -0.2) is 0 Å². The first kappa shape index (κ1) is 14.0. The highest BCUT2D eigenvalue weighted by Gasteiger charge is 2.23. The third kappa shape index (κ3) is 3.52. The molecule has 1 aromatic rings. The number of carbonyl (C=O) groups is 1. The minimum atomic E-state index is -0.0751. The lowest BCUT2D eigenvalue weighted by molar-refractivity contribution is 0.0922. The van der Waals surface area contributed by atoms with Crippen molar-refractivity contribution in [3.8, 4) is 0 Å². The van der Waals surface area contributed by atoms with Crippen molar-refractivity contribution in [3.05, 3.63) is 35.4 Å². The molecule has 3 N–H and O–H groups in total. The highest BCUT2D eigenvalue weighted by atomic mass is 32.1. The zero-order valence-corrected chi connectivity index (χ0v) is 11.7. The van der Waals surface area contributed by atoms with Crippen molar-refractivity contribution in [3.63, 3.8) is 0 Å². The average molecular weight is 278 g/mol. The maximum absolute atomic E-state index is 12.1. The Morgan fingerprint density at radius 3 is 2.58 bits per heavy atom. The van der Waals surface area contributed by atoms with Crippen LogP contribution in [0.4, 0.5) is 0 Å². The molecule has 0 aliphatic carbocycles. The number of nitrogens with two attached hydrogens (primary N) is 1. The second-order valence-corrected chi connectivity index (χ2v) is 5.27. The number of ether oxygens (including phenoxy) is 1. The van der Waals surface area contributed by atoms with Crippen LogP contribution in [0.15, 0.2) is 24.3 Å². The maximum atomic E-state index is 12.1. The van der Waals surface area contributed by atoms with Gasteiger partial charge in [-0.1, -0.05) is 24.4 Å². The van der Waals surface area contributed by atoms with E-state index in [0.29, 0.717) is 16.5 Å². The van der Waals surface area contributed by atoms with Crippen LogP contribution in [-0.4, -0.2) is 30.2 Å². The molecular formula is C14H18N2O2S. The van der Waals surface area contributed by atoms with Crippen molar-refractivity contribution < 1.29 is 9.53 Å². The van der Waals surface area contributed by atoms with Crippen LogP contribution in [0.2, 0.25) is 0 Å². The normalized spacial score (nSPS) is 19.9. The summed E-state index contributed by atoms with van der Waals surface area (Å²) in [6.07, 6.45) is 1.00. The number of benzene rings is 1. The lowest BCUT2D eigenvalue weighted by Gasteiger charge is -2.19. The minimum Gasteiger partial charge on any atom is -0.389 e. The molecule has 4 nitrogen and oxygen atoms in total. The van der Waals surface area contributed by atoms with Gasteiger partial charge in [-0.2, -0.15) is 0 Å². The number of hydrogen-bond donors (Lipinski definition) is 2. The van der Waals surface area contributed by atoms with Crippen LogP contribution >= 0.6 is 12.2 Å². The Bertz CT molecular complexity index is 467. The summed E-state index contributed by atoms with van der Waals surface area (Å²) in [6.45, 7) is 3.52. The molecule has 0 bridgehead atoms. The molecule has 2 unspecified atom stereocenters. The van der Waals surface area contributed by atoms with Crippen LogP contribution in [0.1, 0.15) is 29.3 Å². The second kappa shape index (κ2) is 6.12. The molecule has 1 fully saturated rings. The molecule has 0 spiro atoms. The number of carbonyl (C=O) groups excluding carboxylic acids is 1. The largest absolute Gasteiger partial charge is 0.389 e. The summed E-state index contributed by atoms with van der Waals surface area (Å²) in [7, 11) is 0. The SMILES string of the molecule is CC(NC(=O)c1ccc(C(N)=S)cc1)C1CCOC1. The molecule has 1 aliphatic heterocycles. The van der Waals surface area contributed by atoms with Gasteiger partial charge in [0.25, 0.3) is 5.91 Å².